The molecular weight excluding hydrogens is 230 g/mol. The van der Waals surface area contributed by atoms with Crippen molar-refractivity contribution in [3.63, 3.8) is 0 Å². The SMILES string of the molecule is COc1ccc(CN2CCNCC(N)C2)c(O)c1. The first-order valence-corrected chi connectivity index (χ1v) is 6.23. The van der Waals surface area contributed by atoms with Crippen LogP contribution in [0.3, 0.4) is 0 Å². The first kappa shape index (κ1) is 13.1. The van der Waals surface area contributed by atoms with Gasteiger partial charge >= 0.3 is 0 Å². The van der Waals surface area contributed by atoms with Crippen LogP contribution in [0.2, 0.25) is 0 Å². The van der Waals surface area contributed by atoms with E-state index in [0.29, 0.717) is 12.3 Å². The Kier molecular flexibility index (Phi) is 4.41. The van der Waals surface area contributed by atoms with E-state index in [1.807, 2.05) is 12.1 Å². The molecule has 1 atom stereocenters. The van der Waals surface area contributed by atoms with E-state index in [1.54, 1.807) is 13.2 Å². The molecule has 1 aliphatic rings. The minimum atomic E-state index is 0.146. The van der Waals surface area contributed by atoms with Crippen molar-refractivity contribution in [2.24, 2.45) is 5.73 Å². The average molecular weight is 251 g/mol. The third-order valence-electron chi connectivity index (χ3n) is 3.19. The van der Waals surface area contributed by atoms with Crippen LogP contribution in [0.1, 0.15) is 5.56 Å². The van der Waals surface area contributed by atoms with Gasteiger partial charge in [0.1, 0.15) is 11.5 Å². The number of phenols is 1. The Bertz CT molecular complexity index is 398. The van der Waals surface area contributed by atoms with E-state index in [4.69, 9.17) is 10.5 Å². The smallest absolute Gasteiger partial charge is 0.123 e. The van der Waals surface area contributed by atoms with E-state index in [9.17, 15) is 5.11 Å². The summed E-state index contributed by atoms with van der Waals surface area (Å²) in [6, 6.07) is 5.56. The summed E-state index contributed by atoms with van der Waals surface area (Å²) >= 11 is 0. The zero-order valence-corrected chi connectivity index (χ0v) is 10.7. The molecule has 0 bridgehead atoms. The van der Waals surface area contributed by atoms with Crippen LogP contribution >= 0.6 is 0 Å². The average Bonchev–Trinajstić information content (AvgIpc) is 2.56. The number of hydrogen-bond donors (Lipinski definition) is 3. The Labute approximate surface area is 108 Å². The van der Waals surface area contributed by atoms with Crippen molar-refractivity contribution >= 4 is 0 Å². The number of rotatable bonds is 3. The Hall–Kier alpha value is -1.30. The van der Waals surface area contributed by atoms with Crippen molar-refractivity contribution in [3.8, 4) is 11.5 Å². The van der Waals surface area contributed by atoms with Gasteiger partial charge in [-0.25, -0.2) is 0 Å². The molecule has 1 aliphatic heterocycles. The summed E-state index contributed by atoms with van der Waals surface area (Å²) in [5.74, 6) is 0.950. The van der Waals surface area contributed by atoms with Crippen molar-refractivity contribution < 1.29 is 9.84 Å². The van der Waals surface area contributed by atoms with Crippen LogP contribution in [0, 0.1) is 0 Å². The third-order valence-corrected chi connectivity index (χ3v) is 3.19. The van der Waals surface area contributed by atoms with E-state index in [0.717, 1.165) is 31.7 Å². The lowest BCUT2D eigenvalue weighted by Gasteiger charge is -2.22. The van der Waals surface area contributed by atoms with E-state index in [1.165, 1.54) is 0 Å². The zero-order valence-electron chi connectivity index (χ0n) is 10.7. The van der Waals surface area contributed by atoms with Gasteiger partial charge < -0.3 is 20.9 Å². The Balaban J connectivity index is 2.03. The molecule has 1 fully saturated rings. The van der Waals surface area contributed by atoms with Crippen LogP contribution < -0.4 is 15.8 Å². The second-order valence-electron chi connectivity index (χ2n) is 4.69. The molecule has 0 radical (unpaired) electrons. The first-order valence-electron chi connectivity index (χ1n) is 6.23. The van der Waals surface area contributed by atoms with Gasteiger partial charge in [-0.05, 0) is 6.07 Å². The molecule has 1 aromatic rings. The molecule has 5 heteroatoms. The number of nitrogens with zero attached hydrogens (tertiary/aromatic N) is 1. The van der Waals surface area contributed by atoms with Crippen molar-refractivity contribution in [1.82, 2.24) is 10.2 Å². The molecule has 1 heterocycles. The fraction of sp³-hybridized carbons (Fsp3) is 0.538. The number of nitrogens with two attached hydrogens (primary N) is 1. The zero-order chi connectivity index (χ0) is 13.0. The van der Waals surface area contributed by atoms with E-state index in [-0.39, 0.29) is 11.8 Å². The Morgan fingerprint density at radius 2 is 2.39 bits per heavy atom. The lowest BCUT2D eigenvalue weighted by atomic mass is 10.1. The van der Waals surface area contributed by atoms with E-state index >= 15 is 0 Å². The normalized spacial score (nSPS) is 21.6. The maximum Gasteiger partial charge on any atom is 0.123 e. The number of nitrogens with one attached hydrogen (secondary N) is 1. The maximum absolute atomic E-state index is 9.94. The van der Waals surface area contributed by atoms with Gasteiger partial charge in [-0.3, -0.25) is 4.90 Å². The van der Waals surface area contributed by atoms with Crippen LogP contribution in [0.15, 0.2) is 18.2 Å². The maximum atomic E-state index is 9.94. The first-order chi connectivity index (χ1) is 8.69. The standard InChI is InChI=1S/C13H21N3O2/c1-18-12-3-2-10(13(17)6-12)8-16-5-4-15-7-11(14)9-16/h2-3,6,11,15,17H,4-5,7-9,14H2,1H3. The van der Waals surface area contributed by atoms with Crippen LogP contribution in [-0.4, -0.2) is 49.3 Å². The second kappa shape index (κ2) is 6.04. The molecule has 0 amide bonds. The highest BCUT2D eigenvalue weighted by Gasteiger charge is 2.16. The molecule has 100 valence electrons. The highest BCUT2D eigenvalue weighted by Crippen LogP contribution is 2.24. The van der Waals surface area contributed by atoms with Gasteiger partial charge in [0, 0.05) is 50.4 Å². The molecule has 18 heavy (non-hydrogen) atoms. The van der Waals surface area contributed by atoms with Crippen molar-refractivity contribution in [1.29, 1.82) is 0 Å². The summed E-state index contributed by atoms with van der Waals surface area (Å²) in [5.41, 5.74) is 6.88. The molecule has 5 nitrogen and oxygen atoms in total. The molecule has 0 aliphatic carbocycles. The molecule has 2 rings (SSSR count). The molecule has 1 unspecified atom stereocenters. The lowest BCUT2D eigenvalue weighted by Crippen LogP contribution is -2.38. The second-order valence-corrected chi connectivity index (χ2v) is 4.69. The molecule has 1 aromatic carbocycles. The number of methoxy groups -OCH3 is 1. The molecule has 0 spiro atoms. The largest absolute Gasteiger partial charge is 0.507 e. The van der Waals surface area contributed by atoms with Gasteiger partial charge in [0.15, 0.2) is 0 Å². The van der Waals surface area contributed by atoms with Crippen LogP contribution in [0.4, 0.5) is 0 Å². The van der Waals surface area contributed by atoms with Crippen LogP contribution in [-0.2, 0) is 6.54 Å². The van der Waals surface area contributed by atoms with Crippen molar-refractivity contribution in [2.75, 3.05) is 33.3 Å². The third kappa shape index (κ3) is 3.35. The van der Waals surface area contributed by atoms with Gasteiger partial charge in [-0.15, -0.1) is 0 Å². The van der Waals surface area contributed by atoms with Crippen LogP contribution in [0.25, 0.3) is 0 Å². The monoisotopic (exact) mass is 251 g/mol. The molecular formula is C13H21N3O2. The fourth-order valence-electron chi connectivity index (χ4n) is 2.20. The number of hydrogen-bond acceptors (Lipinski definition) is 5. The predicted molar refractivity (Wildman–Crippen MR) is 70.8 cm³/mol. The minimum absolute atomic E-state index is 0.146. The minimum Gasteiger partial charge on any atom is -0.507 e. The van der Waals surface area contributed by atoms with Crippen molar-refractivity contribution in [2.45, 2.75) is 12.6 Å². The van der Waals surface area contributed by atoms with Gasteiger partial charge in [-0.1, -0.05) is 6.07 Å². The summed E-state index contributed by atoms with van der Waals surface area (Å²) in [7, 11) is 1.59. The van der Waals surface area contributed by atoms with E-state index in [2.05, 4.69) is 10.2 Å². The number of benzene rings is 1. The molecule has 1 saturated heterocycles. The Morgan fingerprint density at radius 1 is 1.56 bits per heavy atom. The molecule has 0 aromatic heterocycles. The number of aromatic hydroxyl groups is 1. The number of ether oxygens (including phenoxy) is 1. The van der Waals surface area contributed by atoms with Crippen LogP contribution in [0.5, 0.6) is 11.5 Å². The van der Waals surface area contributed by atoms with Crippen molar-refractivity contribution in [3.05, 3.63) is 23.8 Å². The highest BCUT2D eigenvalue weighted by atomic mass is 16.5. The predicted octanol–water partition coefficient (Wildman–Crippen LogP) is 0.133. The quantitative estimate of drug-likeness (QED) is 0.712. The molecule has 4 N–H and O–H groups in total. The van der Waals surface area contributed by atoms with Gasteiger partial charge in [0.05, 0.1) is 7.11 Å². The number of phenolic OH excluding ortho intramolecular Hbond substituents is 1. The summed E-state index contributed by atoms with van der Waals surface area (Å²) in [6.45, 7) is 4.29. The van der Waals surface area contributed by atoms with Gasteiger partial charge in [0.25, 0.3) is 0 Å². The van der Waals surface area contributed by atoms with Gasteiger partial charge in [-0.2, -0.15) is 0 Å². The highest BCUT2D eigenvalue weighted by molar-refractivity contribution is 5.39. The Morgan fingerprint density at radius 3 is 3.11 bits per heavy atom. The summed E-state index contributed by atoms with van der Waals surface area (Å²) in [4.78, 5) is 2.26. The van der Waals surface area contributed by atoms with Gasteiger partial charge in [0.2, 0.25) is 0 Å². The topological polar surface area (TPSA) is 70.8 Å². The lowest BCUT2D eigenvalue weighted by molar-refractivity contribution is 0.268. The summed E-state index contributed by atoms with van der Waals surface area (Å²) in [5, 5.41) is 13.2. The van der Waals surface area contributed by atoms with E-state index < -0.39 is 0 Å². The molecule has 0 saturated carbocycles. The summed E-state index contributed by atoms with van der Waals surface area (Å²) in [6.07, 6.45) is 0. The summed E-state index contributed by atoms with van der Waals surface area (Å²) < 4.78 is 5.07. The fourth-order valence-corrected chi connectivity index (χ4v) is 2.20.